The Balaban J connectivity index is 1.66. The van der Waals surface area contributed by atoms with E-state index in [0.29, 0.717) is 10.6 Å². The number of hydrogen-bond acceptors (Lipinski definition) is 8. The minimum atomic E-state index is -3.56. The molecule has 0 aliphatic heterocycles. The fourth-order valence-corrected chi connectivity index (χ4v) is 4.37. The lowest BCUT2D eigenvalue weighted by Gasteiger charge is -2.09. The van der Waals surface area contributed by atoms with Gasteiger partial charge in [0.2, 0.25) is 0 Å². The highest BCUT2D eigenvalue weighted by molar-refractivity contribution is 7.90. The van der Waals surface area contributed by atoms with Crippen LogP contribution in [0.2, 0.25) is 0 Å². The number of aryl methyl sites for hydroxylation is 1. The average Bonchev–Trinajstić information content (AvgIpc) is 3.12. The summed E-state index contributed by atoms with van der Waals surface area (Å²) < 4.78 is 23.3. The van der Waals surface area contributed by atoms with Crippen LogP contribution in [0.25, 0.3) is 11.3 Å². The fourth-order valence-electron chi connectivity index (χ4n) is 2.87. The largest absolute Gasteiger partial charge is 0.378 e. The van der Waals surface area contributed by atoms with Crippen LogP contribution in [0.4, 0.5) is 11.4 Å². The van der Waals surface area contributed by atoms with Crippen LogP contribution < -0.4 is 10.6 Å². The van der Waals surface area contributed by atoms with E-state index in [1.165, 1.54) is 23.5 Å². The number of nitrogens with one attached hydrogen (secondary N) is 2. The van der Waals surface area contributed by atoms with Crippen molar-refractivity contribution in [1.29, 1.82) is 0 Å². The highest BCUT2D eigenvalue weighted by atomic mass is 32.2. The van der Waals surface area contributed by atoms with E-state index in [-0.39, 0.29) is 35.3 Å². The summed E-state index contributed by atoms with van der Waals surface area (Å²) in [7, 11) is -3.56. The van der Waals surface area contributed by atoms with Crippen LogP contribution in [0.3, 0.4) is 0 Å². The van der Waals surface area contributed by atoms with E-state index in [4.69, 9.17) is 0 Å². The van der Waals surface area contributed by atoms with Crippen LogP contribution in [-0.2, 0) is 9.84 Å². The Kier molecular flexibility index (Phi) is 6.66. The summed E-state index contributed by atoms with van der Waals surface area (Å²) in [5.74, 6) is -0.284. The number of rotatable bonds is 8. The second-order valence-electron chi connectivity index (χ2n) is 6.67. The maximum Gasteiger partial charge on any atom is 0.293 e. The number of nitrogens with zero attached hydrogens (tertiary/aromatic N) is 2. The molecule has 0 radical (unpaired) electrons. The van der Waals surface area contributed by atoms with Gasteiger partial charge in [-0.05, 0) is 19.1 Å². The third-order valence-electron chi connectivity index (χ3n) is 4.31. The van der Waals surface area contributed by atoms with E-state index in [0.717, 1.165) is 22.9 Å². The number of carbonyl (C=O) groups is 1. The van der Waals surface area contributed by atoms with Crippen LogP contribution in [0.1, 0.15) is 14.7 Å². The Labute approximate surface area is 183 Å². The third-order valence-corrected chi connectivity index (χ3v) is 6.39. The lowest BCUT2D eigenvalue weighted by atomic mass is 10.1. The van der Waals surface area contributed by atoms with Gasteiger partial charge in [0.05, 0.1) is 20.5 Å². The molecule has 9 nitrogen and oxygen atoms in total. The number of hydrogen-bond donors (Lipinski definition) is 2. The van der Waals surface area contributed by atoms with E-state index in [2.05, 4.69) is 15.6 Å². The monoisotopic (exact) mass is 460 g/mol. The molecule has 0 saturated heterocycles. The standard InChI is InChI=1S/C20H20N4O5S2/c1-13-23-18(14-6-4-3-5-7-14)19(30-13)20(25)22-11-10-21-16-9-8-15(31(2,28)29)12-17(16)24(26)27/h3-9,12,21H,10-11H2,1-2H3,(H,22,25). The molecule has 162 valence electrons. The smallest absolute Gasteiger partial charge is 0.293 e. The van der Waals surface area contributed by atoms with Gasteiger partial charge < -0.3 is 10.6 Å². The van der Waals surface area contributed by atoms with Gasteiger partial charge in [-0.2, -0.15) is 0 Å². The first kappa shape index (κ1) is 22.4. The summed E-state index contributed by atoms with van der Waals surface area (Å²) in [6.07, 6.45) is 0.986. The first-order valence-electron chi connectivity index (χ1n) is 9.20. The number of thiazole rings is 1. The Morgan fingerprint density at radius 1 is 1.16 bits per heavy atom. The van der Waals surface area contributed by atoms with Crippen molar-refractivity contribution in [2.24, 2.45) is 0 Å². The number of nitro benzene ring substituents is 1. The molecule has 11 heteroatoms. The maximum atomic E-state index is 12.7. The number of anilines is 1. The highest BCUT2D eigenvalue weighted by Gasteiger charge is 2.20. The van der Waals surface area contributed by atoms with Crippen LogP contribution in [0.5, 0.6) is 0 Å². The Morgan fingerprint density at radius 2 is 1.87 bits per heavy atom. The van der Waals surface area contributed by atoms with Crippen LogP contribution in [0, 0.1) is 17.0 Å². The van der Waals surface area contributed by atoms with E-state index in [1.54, 1.807) is 0 Å². The molecule has 2 N–H and O–H groups in total. The van der Waals surface area contributed by atoms with Gasteiger partial charge in [-0.1, -0.05) is 30.3 Å². The SMILES string of the molecule is Cc1nc(-c2ccccc2)c(C(=O)NCCNc2ccc(S(C)(=O)=O)cc2[N+](=O)[O-])s1. The maximum absolute atomic E-state index is 12.7. The van der Waals surface area contributed by atoms with Crippen molar-refractivity contribution in [2.75, 3.05) is 24.7 Å². The van der Waals surface area contributed by atoms with E-state index in [1.807, 2.05) is 37.3 Å². The summed E-state index contributed by atoms with van der Waals surface area (Å²) in [4.78, 5) is 28.1. The molecule has 0 aliphatic rings. The van der Waals surface area contributed by atoms with Gasteiger partial charge in [-0.25, -0.2) is 13.4 Å². The molecule has 2 aromatic carbocycles. The topological polar surface area (TPSA) is 131 Å². The molecule has 1 amide bonds. The minimum Gasteiger partial charge on any atom is -0.378 e. The summed E-state index contributed by atoms with van der Waals surface area (Å²) in [5.41, 5.74) is 1.28. The molecule has 3 rings (SSSR count). The molecule has 0 aliphatic carbocycles. The summed E-state index contributed by atoms with van der Waals surface area (Å²) >= 11 is 1.29. The van der Waals surface area contributed by atoms with E-state index < -0.39 is 14.8 Å². The van der Waals surface area contributed by atoms with Crippen LogP contribution in [0.15, 0.2) is 53.4 Å². The van der Waals surface area contributed by atoms with Crippen molar-refractivity contribution in [1.82, 2.24) is 10.3 Å². The van der Waals surface area contributed by atoms with E-state index in [9.17, 15) is 23.3 Å². The number of sulfone groups is 1. The zero-order valence-electron chi connectivity index (χ0n) is 16.8. The quantitative estimate of drug-likeness (QED) is 0.300. The molecule has 0 spiro atoms. The van der Waals surface area contributed by atoms with Crippen molar-refractivity contribution in [3.63, 3.8) is 0 Å². The Morgan fingerprint density at radius 3 is 2.52 bits per heavy atom. The minimum absolute atomic E-state index is 0.132. The van der Waals surface area contributed by atoms with Gasteiger partial charge in [0.1, 0.15) is 10.6 Å². The zero-order chi connectivity index (χ0) is 22.6. The number of nitro groups is 1. The van der Waals surface area contributed by atoms with Gasteiger partial charge in [-0.15, -0.1) is 11.3 Å². The number of aromatic nitrogens is 1. The highest BCUT2D eigenvalue weighted by Crippen LogP contribution is 2.28. The van der Waals surface area contributed by atoms with Crippen molar-refractivity contribution in [3.05, 3.63) is 68.5 Å². The van der Waals surface area contributed by atoms with Crippen LogP contribution >= 0.6 is 11.3 Å². The lowest BCUT2D eigenvalue weighted by Crippen LogP contribution is -2.28. The summed E-state index contributed by atoms with van der Waals surface area (Å²) in [6, 6.07) is 13.1. The van der Waals surface area contributed by atoms with Crippen molar-refractivity contribution >= 4 is 38.5 Å². The Hall–Kier alpha value is -3.31. The molecule has 0 atom stereocenters. The Bertz CT molecular complexity index is 1220. The zero-order valence-corrected chi connectivity index (χ0v) is 18.4. The normalized spacial score (nSPS) is 11.2. The predicted molar refractivity (Wildman–Crippen MR) is 119 cm³/mol. The second-order valence-corrected chi connectivity index (χ2v) is 9.89. The molecule has 0 fully saturated rings. The van der Waals surface area contributed by atoms with Crippen LogP contribution in [-0.4, -0.2) is 43.6 Å². The fraction of sp³-hybridized carbons (Fsp3) is 0.200. The molecule has 0 saturated carbocycles. The molecule has 0 bridgehead atoms. The first-order chi connectivity index (χ1) is 14.7. The average molecular weight is 461 g/mol. The van der Waals surface area contributed by atoms with Gasteiger partial charge in [0, 0.05) is 31.0 Å². The lowest BCUT2D eigenvalue weighted by molar-refractivity contribution is -0.384. The van der Waals surface area contributed by atoms with Gasteiger partial charge >= 0.3 is 0 Å². The number of amides is 1. The number of benzene rings is 2. The second kappa shape index (κ2) is 9.23. The van der Waals surface area contributed by atoms with Gasteiger partial charge in [0.25, 0.3) is 11.6 Å². The summed E-state index contributed by atoms with van der Waals surface area (Å²) in [6.45, 7) is 2.24. The number of carbonyl (C=O) groups excluding carboxylic acids is 1. The van der Waals surface area contributed by atoms with Gasteiger partial charge in [-0.3, -0.25) is 14.9 Å². The molecular weight excluding hydrogens is 440 g/mol. The van der Waals surface area contributed by atoms with E-state index >= 15 is 0 Å². The molecule has 0 unspecified atom stereocenters. The molecular formula is C20H20N4O5S2. The summed E-state index contributed by atoms with van der Waals surface area (Å²) in [5, 5.41) is 17.7. The van der Waals surface area contributed by atoms with Crippen molar-refractivity contribution in [3.8, 4) is 11.3 Å². The van der Waals surface area contributed by atoms with Crippen molar-refractivity contribution < 1.29 is 18.1 Å². The predicted octanol–water partition coefficient (Wildman–Crippen LogP) is 3.27. The molecule has 1 aromatic heterocycles. The molecule has 3 aromatic rings. The third kappa shape index (κ3) is 5.44. The van der Waals surface area contributed by atoms with Crippen molar-refractivity contribution in [2.45, 2.75) is 11.8 Å². The van der Waals surface area contributed by atoms with Gasteiger partial charge in [0.15, 0.2) is 9.84 Å². The molecule has 31 heavy (non-hydrogen) atoms. The molecule has 1 heterocycles. The first-order valence-corrected chi connectivity index (χ1v) is 11.9.